The molecule has 1 aromatic heterocycles. The lowest BCUT2D eigenvalue weighted by molar-refractivity contribution is 0.247. The number of halogens is 1. The quantitative estimate of drug-likeness (QED) is 0.633. The lowest BCUT2D eigenvalue weighted by Crippen LogP contribution is -2.40. The molecule has 1 unspecified atom stereocenters. The molecule has 1 fully saturated rings. The van der Waals surface area contributed by atoms with E-state index in [0.717, 1.165) is 24.0 Å². The zero-order valence-electron chi connectivity index (χ0n) is 16.1. The minimum absolute atomic E-state index is 0.0872. The van der Waals surface area contributed by atoms with Crippen molar-refractivity contribution in [1.29, 1.82) is 0 Å². The fourth-order valence-corrected chi connectivity index (χ4v) is 5.24. The van der Waals surface area contributed by atoms with Crippen LogP contribution in [0.3, 0.4) is 0 Å². The molecule has 0 radical (unpaired) electrons. The van der Waals surface area contributed by atoms with Crippen molar-refractivity contribution in [1.82, 2.24) is 14.4 Å². The van der Waals surface area contributed by atoms with Crippen LogP contribution in [0.4, 0.5) is 4.39 Å². The summed E-state index contributed by atoms with van der Waals surface area (Å²) in [7, 11) is -3.65. The summed E-state index contributed by atoms with van der Waals surface area (Å²) < 4.78 is 45.8. The summed E-state index contributed by atoms with van der Waals surface area (Å²) in [5, 5.41) is 4.08. The highest BCUT2D eigenvalue weighted by Crippen LogP contribution is 2.27. The number of hydrogen-bond acceptors (Lipinski definition) is 5. The number of rotatable bonds is 5. The summed E-state index contributed by atoms with van der Waals surface area (Å²) in [5.41, 5.74) is 1.99. The maximum atomic E-state index is 13.1. The van der Waals surface area contributed by atoms with Gasteiger partial charge in [0.25, 0.3) is 0 Å². The van der Waals surface area contributed by atoms with Crippen molar-refractivity contribution in [3.05, 3.63) is 65.8 Å². The Morgan fingerprint density at radius 3 is 2.69 bits per heavy atom. The van der Waals surface area contributed by atoms with E-state index in [1.165, 1.54) is 28.6 Å². The lowest BCUT2D eigenvalue weighted by atomic mass is 9.96. The Balaban J connectivity index is 1.47. The average molecular weight is 415 g/mol. The number of aryl methyl sites for hydroxylation is 1. The zero-order valence-corrected chi connectivity index (χ0v) is 16.9. The minimum atomic E-state index is -3.65. The predicted octanol–water partition coefficient (Wildman–Crippen LogP) is 3.83. The molecule has 6 nitrogen and oxygen atoms in total. The van der Waals surface area contributed by atoms with Gasteiger partial charge in [0.15, 0.2) is 0 Å². The number of benzene rings is 2. The van der Waals surface area contributed by atoms with Crippen LogP contribution in [0.1, 0.15) is 24.3 Å². The van der Waals surface area contributed by atoms with Gasteiger partial charge in [0, 0.05) is 25.1 Å². The summed E-state index contributed by atoms with van der Waals surface area (Å²) in [5.74, 6) is 0.685. The summed E-state index contributed by atoms with van der Waals surface area (Å²) in [6.07, 6.45) is 2.16. The maximum absolute atomic E-state index is 13.1. The van der Waals surface area contributed by atoms with Gasteiger partial charge in [-0.05, 0) is 55.5 Å². The Bertz CT molecular complexity index is 1100. The Labute approximate surface area is 169 Å². The monoisotopic (exact) mass is 415 g/mol. The van der Waals surface area contributed by atoms with Crippen molar-refractivity contribution in [3.8, 4) is 11.4 Å². The molecule has 1 aliphatic heterocycles. The van der Waals surface area contributed by atoms with E-state index in [9.17, 15) is 12.8 Å². The summed E-state index contributed by atoms with van der Waals surface area (Å²) >= 11 is 0. The van der Waals surface area contributed by atoms with Gasteiger partial charge in [-0.2, -0.15) is 9.29 Å². The van der Waals surface area contributed by atoms with Crippen LogP contribution >= 0.6 is 0 Å². The average Bonchev–Trinajstić information content (AvgIpc) is 3.17. The Morgan fingerprint density at radius 2 is 1.93 bits per heavy atom. The highest BCUT2D eigenvalue weighted by Gasteiger charge is 2.31. The van der Waals surface area contributed by atoms with Gasteiger partial charge in [0.05, 0.1) is 4.90 Å². The van der Waals surface area contributed by atoms with Crippen molar-refractivity contribution < 1.29 is 17.3 Å². The molecular weight excluding hydrogens is 393 g/mol. The SMILES string of the molecule is Cc1ccccc1-c1noc(CC2CCCN(S(=O)(=O)c3ccc(F)cc3)C2)n1. The molecule has 1 atom stereocenters. The van der Waals surface area contributed by atoms with E-state index in [-0.39, 0.29) is 10.8 Å². The molecule has 2 heterocycles. The van der Waals surface area contributed by atoms with Gasteiger partial charge in [-0.1, -0.05) is 29.4 Å². The first-order valence-electron chi connectivity index (χ1n) is 9.58. The normalized spacial score (nSPS) is 18.1. The molecule has 29 heavy (non-hydrogen) atoms. The number of hydrogen-bond donors (Lipinski definition) is 0. The molecule has 0 N–H and O–H groups in total. The van der Waals surface area contributed by atoms with Crippen LogP contribution in [0.25, 0.3) is 11.4 Å². The first kappa shape index (κ1) is 19.7. The maximum Gasteiger partial charge on any atom is 0.243 e. The first-order valence-corrected chi connectivity index (χ1v) is 11.0. The molecule has 4 rings (SSSR count). The Hall–Kier alpha value is -2.58. The van der Waals surface area contributed by atoms with Crippen LogP contribution in [0, 0.1) is 18.7 Å². The third kappa shape index (κ3) is 4.23. The summed E-state index contributed by atoms with van der Waals surface area (Å²) in [4.78, 5) is 4.61. The fourth-order valence-electron chi connectivity index (χ4n) is 3.69. The third-order valence-electron chi connectivity index (χ3n) is 5.25. The van der Waals surface area contributed by atoms with E-state index in [4.69, 9.17) is 4.52 Å². The number of aromatic nitrogens is 2. The van der Waals surface area contributed by atoms with E-state index in [0.29, 0.717) is 31.2 Å². The molecule has 1 aliphatic rings. The van der Waals surface area contributed by atoms with Crippen molar-refractivity contribution in [2.75, 3.05) is 13.1 Å². The molecule has 0 amide bonds. The van der Waals surface area contributed by atoms with E-state index < -0.39 is 15.8 Å². The van der Waals surface area contributed by atoms with Crippen LogP contribution < -0.4 is 0 Å². The summed E-state index contributed by atoms with van der Waals surface area (Å²) in [6.45, 7) is 2.82. The van der Waals surface area contributed by atoms with Gasteiger partial charge in [0.2, 0.25) is 21.7 Å². The van der Waals surface area contributed by atoms with Crippen LogP contribution in [0.5, 0.6) is 0 Å². The van der Waals surface area contributed by atoms with Gasteiger partial charge in [-0.15, -0.1) is 0 Å². The first-order chi connectivity index (χ1) is 13.9. The molecular formula is C21H22FN3O3S. The van der Waals surface area contributed by atoms with Gasteiger partial charge < -0.3 is 4.52 Å². The number of sulfonamides is 1. The Kier molecular flexibility index (Phi) is 5.47. The number of piperidine rings is 1. The fraction of sp³-hybridized carbons (Fsp3) is 0.333. The second-order valence-corrected chi connectivity index (χ2v) is 9.29. The molecule has 1 saturated heterocycles. The lowest BCUT2D eigenvalue weighted by Gasteiger charge is -2.31. The Morgan fingerprint density at radius 1 is 1.17 bits per heavy atom. The molecule has 0 spiro atoms. The van der Waals surface area contributed by atoms with Gasteiger partial charge >= 0.3 is 0 Å². The van der Waals surface area contributed by atoms with Gasteiger partial charge in [-0.3, -0.25) is 0 Å². The zero-order chi connectivity index (χ0) is 20.4. The molecule has 0 saturated carbocycles. The molecule has 152 valence electrons. The molecule has 8 heteroatoms. The topological polar surface area (TPSA) is 76.3 Å². The smallest absolute Gasteiger partial charge is 0.243 e. The highest BCUT2D eigenvalue weighted by atomic mass is 32.2. The molecule has 2 aromatic carbocycles. The predicted molar refractivity (Wildman–Crippen MR) is 106 cm³/mol. The second kappa shape index (κ2) is 8.04. The van der Waals surface area contributed by atoms with Crippen LogP contribution in [-0.4, -0.2) is 36.0 Å². The van der Waals surface area contributed by atoms with E-state index in [1.54, 1.807) is 0 Å². The van der Waals surface area contributed by atoms with E-state index in [2.05, 4.69) is 10.1 Å². The van der Waals surface area contributed by atoms with Gasteiger partial charge in [-0.25, -0.2) is 12.8 Å². The van der Waals surface area contributed by atoms with Crippen LogP contribution in [0.2, 0.25) is 0 Å². The van der Waals surface area contributed by atoms with Crippen molar-refractivity contribution in [3.63, 3.8) is 0 Å². The van der Waals surface area contributed by atoms with Crippen molar-refractivity contribution in [2.24, 2.45) is 5.92 Å². The minimum Gasteiger partial charge on any atom is -0.339 e. The van der Waals surface area contributed by atoms with Gasteiger partial charge in [0.1, 0.15) is 5.82 Å². The van der Waals surface area contributed by atoms with E-state index in [1.807, 2.05) is 31.2 Å². The van der Waals surface area contributed by atoms with Crippen molar-refractivity contribution in [2.45, 2.75) is 31.1 Å². The number of nitrogens with zero attached hydrogens (tertiary/aromatic N) is 3. The van der Waals surface area contributed by atoms with Crippen LogP contribution in [-0.2, 0) is 16.4 Å². The molecule has 0 aliphatic carbocycles. The molecule has 0 bridgehead atoms. The summed E-state index contributed by atoms with van der Waals surface area (Å²) in [6, 6.07) is 12.8. The largest absolute Gasteiger partial charge is 0.339 e. The second-order valence-electron chi connectivity index (χ2n) is 7.36. The highest BCUT2D eigenvalue weighted by molar-refractivity contribution is 7.89. The van der Waals surface area contributed by atoms with Crippen molar-refractivity contribution >= 4 is 10.0 Å². The standard InChI is InChI=1S/C21H22FN3O3S/c1-15-5-2-3-7-19(15)21-23-20(28-24-21)13-16-6-4-12-25(14-16)29(26,27)18-10-8-17(22)9-11-18/h2-3,5,7-11,16H,4,6,12-14H2,1H3. The van der Waals surface area contributed by atoms with Crippen LogP contribution in [0.15, 0.2) is 57.9 Å². The van der Waals surface area contributed by atoms with E-state index >= 15 is 0 Å². The third-order valence-corrected chi connectivity index (χ3v) is 7.13. The molecule has 3 aromatic rings.